The SMILES string of the molecule is Cc1cc(C)cc(C(O)(c2cc(C)cc(C)c2)c2c(-c3cc4sc([Si](C(C)C)(C(C)C)C(C)C)cc4s3)sc3c(C(O)(c4cc(C)cc(C)c4)c4cc(C)cc(C)c4)c(-c4cc5sc([Si](C(C)C)(C(C)C)C(C)C)cc5s4)sc23)c1. The molecule has 0 saturated heterocycles. The summed E-state index contributed by atoms with van der Waals surface area (Å²) in [6.07, 6.45) is 0. The first-order chi connectivity index (χ1) is 37.6. The van der Waals surface area contributed by atoms with Crippen molar-refractivity contribution in [3.8, 4) is 19.5 Å². The Hall–Kier alpha value is -3.79. The second-order valence-corrected chi connectivity index (χ2v) is 44.7. The Bertz CT molecular complexity index is 3420. The van der Waals surface area contributed by atoms with Crippen molar-refractivity contribution in [2.45, 2.75) is 183 Å². The first-order valence-electron chi connectivity index (χ1n) is 29.0. The first kappa shape index (κ1) is 59.4. The minimum Gasteiger partial charge on any atom is -0.376 e. The molecule has 0 amide bonds. The van der Waals surface area contributed by atoms with E-state index < -0.39 is 27.3 Å². The molecule has 0 fully saturated rings. The standard InChI is InChI=1S/C70H84O2S6Si2/c1-37(2)79(38(3)4,39(5)6)61-35-57-55(75-61)33-59(73-57)65-63(69(71,51-25-43(13)21-44(14)26-51)52-27-45(15)22-46(16)28-52)67-68(77-65)64(70(72,53-29-47(17)23-48(18)30-53)54-31-49(19)24-50(20)32-54)66(78-67)60-34-56-58(74-60)36-62(76-56)80(40(7)8,41(9)10)42(11)12/h21-42,71-72H,1-20H3. The normalized spacial score (nSPS) is 13.3. The molecule has 0 radical (unpaired) electrons. The summed E-state index contributed by atoms with van der Waals surface area (Å²) in [6, 6.07) is 36.6. The Morgan fingerprint density at radius 3 is 0.738 bits per heavy atom. The minimum atomic E-state index is -1.93. The van der Waals surface area contributed by atoms with Crippen LogP contribution in [0.5, 0.6) is 0 Å². The van der Waals surface area contributed by atoms with E-state index >= 15 is 0 Å². The molecule has 420 valence electrons. The molecular formula is C70H84O2S6Si2. The quantitative estimate of drug-likeness (QED) is 0.0947. The number of aliphatic hydroxyl groups is 2. The van der Waals surface area contributed by atoms with Crippen molar-refractivity contribution >= 4 is 121 Å². The molecule has 2 N–H and O–H groups in total. The molecule has 10 aromatic rings. The van der Waals surface area contributed by atoms with Crippen LogP contribution >= 0.6 is 68.0 Å². The largest absolute Gasteiger partial charge is 0.376 e. The Morgan fingerprint density at radius 2 is 0.525 bits per heavy atom. The van der Waals surface area contributed by atoms with Crippen LogP contribution in [0.15, 0.2) is 97.1 Å². The zero-order valence-corrected chi connectivity index (χ0v) is 57.9. The number of aryl methyl sites for hydroxylation is 8. The Morgan fingerprint density at radius 1 is 0.300 bits per heavy atom. The van der Waals surface area contributed by atoms with E-state index in [1.54, 1.807) is 31.7 Å². The summed E-state index contributed by atoms with van der Waals surface area (Å²) in [5, 5.41) is 29.7. The molecule has 0 aliphatic heterocycles. The highest BCUT2D eigenvalue weighted by Gasteiger charge is 2.49. The van der Waals surface area contributed by atoms with Crippen molar-refractivity contribution in [1.82, 2.24) is 0 Å². The van der Waals surface area contributed by atoms with Gasteiger partial charge in [-0.2, -0.15) is 0 Å². The van der Waals surface area contributed by atoms with Crippen LogP contribution in [-0.2, 0) is 11.2 Å². The van der Waals surface area contributed by atoms with Crippen molar-refractivity contribution in [3.05, 3.63) is 175 Å². The average Bonchev–Trinajstić information content (AvgIpc) is 4.19. The molecule has 0 bridgehead atoms. The van der Waals surface area contributed by atoms with Crippen molar-refractivity contribution in [1.29, 1.82) is 0 Å². The molecule has 0 unspecified atom stereocenters. The highest BCUT2D eigenvalue weighted by Crippen LogP contribution is 2.61. The third-order valence-electron chi connectivity index (χ3n) is 18.3. The lowest BCUT2D eigenvalue weighted by atomic mass is 9.77. The van der Waals surface area contributed by atoms with Crippen LogP contribution in [0.4, 0.5) is 0 Å². The summed E-state index contributed by atoms with van der Waals surface area (Å²) in [6.45, 7) is 46.8. The predicted octanol–water partition coefficient (Wildman–Crippen LogP) is 21.7. The van der Waals surface area contributed by atoms with E-state index in [-0.39, 0.29) is 0 Å². The molecule has 4 aromatic carbocycles. The fourth-order valence-corrected chi connectivity index (χ4v) is 41.9. The van der Waals surface area contributed by atoms with Gasteiger partial charge in [-0.05, 0) is 144 Å². The summed E-state index contributed by atoms with van der Waals surface area (Å²) in [4.78, 5) is 4.44. The van der Waals surface area contributed by atoms with Crippen molar-refractivity contribution in [3.63, 3.8) is 0 Å². The molecule has 0 atom stereocenters. The Kier molecular flexibility index (Phi) is 16.1. The Balaban J connectivity index is 1.38. The highest BCUT2D eigenvalue weighted by molar-refractivity contribution is 7.40. The van der Waals surface area contributed by atoms with Gasteiger partial charge >= 0.3 is 0 Å². The van der Waals surface area contributed by atoms with Gasteiger partial charge in [0.2, 0.25) is 0 Å². The molecule has 0 aliphatic rings. The first-order valence-corrected chi connectivity index (χ1v) is 38.4. The van der Waals surface area contributed by atoms with Gasteiger partial charge in [0.15, 0.2) is 0 Å². The van der Waals surface area contributed by atoms with Gasteiger partial charge < -0.3 is 10.2 Å². The van der Waals surface area contributed by atoms with E-state index in [1.807, 2.05) is 45.3 Å². The van der Waals surface area contributed by atoms with Gasteiger partial charge in [-0.15, -0.1) is 68.0 Å². The van der Waals surface area contributed by atoms with Crippen molar-refractivity contribution in [2.24, 2.45) is 0 Å². The lowest BCUT2D eigenvalue weighted by Crippen LogP contribution is -2.54. The third-order valence-corrected chi connectivity index (χ3v) is 41.6. The summed E-state index contributed by atoms with van der Waals surface area (Å²) >= 11 is 11.4. The molecule has 0 spiro atoms. The molecule has 10 heteroatoms. The van der Waals surface area contributed by atoms with Crippen LogP contribution in [0, 0.1) is 55.4 Å². The van der Waals surface area contributed by atoms with Crippen LogP contribution < -0.4 is 9.00 Å². The number of hydrogen-bond acceptors (Lipinski definition) is 8. The van der Waals surface area contributed by atoms with E-state index in [9.17, 15) is 10.2 Å². The Labute approximate surface area is 504 Å². The maximum absolute atomic E-state index is 14.9. The number of hydrogen-bond donors (Lipinski definition) is 2. The topological polar surface area (TPSA) is 40.5 Å². The van der Waals surface area contributed by atoms with E-state index in [0.717, 1.165) is 107 Å². The summed E-state index contributed by atoms with van der Waals surface area (Å²) in [5.74, 6) is 0. The number of thiophene rings is 6. The monoisotopic (exact) mass is 1200 g/mol. The van der Waals surface area contributed by atoms with Gasteiger partial charge in [-0.1, -0.05) is 200 Å². The van der Waals surface area contributed by atoms with Crippen molar-refractivity contribution in [2.75, 3.05) is 0 Å². The maximum Gasteiger partial charge on any atom is 0.143 e. The van der Waals surface area contributed by atoms with Gasteiger partial charge in [0.05, 0.1) is 19.2 Å². The van der Waals surface area contributed by atoms with Crippen LogP contribution in [0.25, 0.3) is 47.7 Å². The second-order valence-electron chi connectivity index (χ2n) is 25.9. The summed E-state index contributed by atoms with van der Waals surface area (Å²) in [5.41, 5.74) is 14.6. The zero-order valence-electron chi connectivity index (χ0n) is 51.0. The molecule has 0 saturated carbocycles. The van der Waals surface area contributed by atoms with Crippen LogP contribution in [0.1, 0.15) is 161 Å². The maximum atomic E-state index is 14.9. The van der Waals surface area contributed by atoms with Crippen LogP contribution in [-0.4, -0.2) is 26.4 Å². The van der Waals surface area contributed by atoms with Crippen LogP contribution in [0.3, 0.4) is 0 Å². The lowest BCUT2D eigenvalue weighted by Gasteiger charge is -2.42. The average molecular weight is 1210 g/mol. The van der Waals surface area contributed by atoms with Gasteiger partial charge in [0.1, 0.15) is 27.3 Å². The third kappa shape index (κ3) is 9.54. The van der Waals surface area contributed by atoms with E-state index in [2.05, 4.69) is 236 Å². The summed E-state index contributed by atoms with van der Waals surface area (Å²) < 4.78 is 10.5. The molecule has 6 aromatic heterocycles. The van der Waals surface area contributed by atoms with Crippen LogP contribution in [0.2, 0.25) is 33.2 Å². The summed E-state index contributed by atoms with van der Waals surface area (Å²) in [7, 11) is -3.86. The van der Waals surface area contributed by atoms with E-state index in [1.165, 1.54) is 18.8 Å². The minimum absolute atomic E-state index is 0.605. The van der Waals surface area contributed by atoms with Gasteiger partial charge in [0.25, 0.3) is 0 Å². The van der Waals surface area contributed by atoms with Crippen molar-refractivity contribution < 1.29 is 10.2 Å². The molecular weight excluding hydrogens is 1120 g/mol. The number of rotatable bonds is 16. The highest BCUT2D eigenvalue weighted by atomic mass is 32.1. The second kappa shape index (κ2) is 21.7. The molecule has 80 heavy (non-hydrogen) atoms. The smallest absolute Gasteiger partial charge is 0.143 e. The molecule has 6 heterocycles. The molecule has 0 aliphatic carbocycles. The van der Waals surface area contributed by atoms with E-state index in [4.69, 9.17) is 0 Å². The number of benzene rings is 4. The molecule has 2 nitrogen and oxygen atoms in total. The lowest BCUT2D eigenvalue weighted by molar-refractivity contribution is 0.127. The molecule has 10 rings (SSSR count). The van der Waals surface area contributed by atoms with Gasteiger partial charge in [0, 0.05) is 39.7 Å². The van der Waals surface area contributed by atoms with Gasteiger partial charge in [-0.3, -0.25) is 0 Å². The predicted molar refractivity (Wildman–Crippen MR) is 366 cm³/mol. The zero-order chi connectivity index (χ0) is 58.0. The van der Waals surface area contributed by atoms with Gasteiger partial charge in [-0.25, -0.2) is 0 Å². The van der Waals surface area contributed by atoms with E-state index in [0.29, 0.717) is 33.2 Å². The fourth-order valence-electron chi connectivity index (χ4n) is 15.6. The fraction of sp³-hybridized carbons (Fsp3) is 0.400. The number of fused-ring (bicyclic) bond motifs is 3.